The SMILES string of the molecule is O=C(Nc1ccncn1)C(COC(=O)C(O)(c1ccccc1)c1ccccc1)[C@H]1CCNC1. The molecular weight excluding hydrogens is 420 g/mol. The molecule has 33 heavy (non-hydrogen) atoms. The predicted molar refractivity (Wildman–Crippen MR) is 122 cm³/mol. The summed E-state index contributed by atoms with van der Waals surface area (Å²) in [6, 6.07) is 18.9. The Morgan fingerprint density at radius 1 is 1.09 bits per heavy atom. The summed E-state index contributed by atoms with van der Waals surface area (Å²) >= 11 is 0. The molecule has 0 aliphatic carbocycles. The van der Waals surface area contributed by atoms with Crippen LogP contribution in [0.3, 0.4) is 0 Å². The number of aliphatic hydroxyl groups is 1. The summed E-state index contributed by atoms with van der Waals surface area (Å²) in [6.45, 7) is 1.26. The third kappa shape index (κ3) is 5.08. The number of carbonyl (C=O) groups excluding carboxylic acids is 2. The van der Waals surface area contributed by atoms with E-state index in [0.717, 1.165) is 13.0 Å². The maximum Gasteiger partial charge on any atom is 0.347 e. The first-order valence-corrected chi connectivity index (χ1v) is 10.9. The molecule has 0 saturated carbocycles. The molecule has 1 fully saturated rings. The molecule has 4 rings (SSSR count). The van der Waals surface area contributed by atoms with Gasteiger partial charge in [0.15, 0.2) is 0 Å². The van der Waals surface area contributed by atoms with Gasteiger partial charge in [0.05, 0.1) is 5.92 Å². The number of rotatable bonds is 8. The fourth-order valence-electron chi connectivity index (χ4n) is 4.06. The van der Waals surface area contributed by atoms with Gasteiger partial charge in [-0.2, -0.15) is 0 Å². The smallest absolute Gasteiger partial charge is 0.347 e. The lowest BCUT2D eigenvalue weighted by molar-refractivity contribution is -0.164. The molecule has 1 aliphatic heterocycles. The Bertz CT molecular complexity index is 1020. The minimum absolute atomic E-state index is 0.0128. The Morgan fingerprint density at radius 3 is 2.30 bits per heavy atom. The molecule has 1 saturated heterocycles. The first-order valence-electron chi connectivity index (χ1n) is 10.9. The maximum absolute atomic E-state index is 13.3. The number of hydrogen-bond acceptors (Lipinski definition) is 7. The summed E-state index contributed by atoms with van der Waals surface area (Å²) in [5.74, 6) is -1.36. The summed E-state index contributed by atoms with van der Waals surface area (Å²) in [5.41, 5.74) is -1.21. The Morgan fingerprint density at radius 2 is 1.76 bits per heavy atom. The lowest BCUT2D eigenvalue weighted by Gasteiger charge is -2.29. The lowest BCUT2D eigenvalue weighted by atomic mass is 9.86. The summed E-state index contributed by atoms with van der Waals surface area (Å²) < 4.78 is 5.64. The molecule has 2 atom stereocenters. The molecular formula is C25H26N4O4. The number of carbonyl (C=O) groups is 2. The first-order chi connectivity index (χ1) is 16.1. The highest BCUT2D eigenvalue weighted by molar-refractivity contribution is 5.92. The third-order valence-electron chi connectivity index (χ3n) is 5.91. The second-order valence-electron chi connectivity index (χ2n) is 7.98. The molecule has 1 amide bonds. The molecule has 8 nitrogen and oxygen atoms in total. The molecule has 1 aliphatic rings. The van der Waals surface area contributed by atoms with Crippen LogP contribution < -0.4 is 10.6 Å². The van der Waals surface area contributed by atoms with Gasteiger partial charge in [-0.05, 0) is 42.6 Å². The Balaban J connectivity index is 1.55. The Labute approximate surface area is 192 Å². The van der Waals surface area contributed by atoms with Crippen LogP contribution in [0.1, 0.15) is 17.5 Å². The minimum Gasteiger partial charge on any atom is -0.462 e. The number of nitrogens with one attached hydrogen (secondary N) is 2. The molecule has 1 aromatic heterocycles. The van der Waals surface area contributed by atoms with Gasteiger partial charge >= 0.3 is 5.97 Å². The van der Waals surface area contributed by atoms with E-state index in [1.807, 2.05) is 0 Å². The number of hydrogen-bond donors (Lipinski definition) is 3. The van der Waals surface area contributed by atoms with E-state index in [4.69, 9.17) is 4.74 Å². The Kier molecular flexibility index (Phi) is 7.07. The van der Waals surface area contributed by atoms with Gasteiger partial charge in [0, 0.05) is 6.20 Å². The van der Waals surface area contributed by atoms with Crippen molar-refractivity contribution in [2.24, 2.45) is 11.8 Å². The highest BCUT2D eigenvalue weighted by atomic mass is 16.5. The molecule has 0 bridgehead atoms. The summed E-state index contributed by atoms with van der Waals surface area (Å²) in [5, 5.41) is 17.6. The van der Waals surface area contributed by atoms with E-state index in [-0.39, 0.29) is 18.4 Å². The number of anilines is 1. The minimum atomic E-state index is -2.00. The molecule has 2 aromatic carbocycles. The highest BCUT2D eigenvalue weighted by Gasteiger charge is 2.43. The van der Waals surface area contributed by atoms with Crippen LogP contribution in [0.2, 0.25) is 0 Å². The fourth-order valence-corrected chi connectivity index (χ4v) is 4.06. The molecule has 3 aromatic rings. The standard InChI is InChI=1S/C25H26N4O4/c30-23(29-22-12-14-27-17-28-22)21(18-11-13-26-15-18)16-33-24(31)25(32,19-7-3-1-4-8-19)20-9-5-2-6-10-20/h1-10,12,14,17-18,21,26,32H,11,13,15-16H2,(H,27,28,29,30)/t18-,21?/m0/s1. The zero-order valence-corrected chi connectivity index (χ0v) is 18.1. The lowest BCUT2D eigenvalue weighted by Crippen LogP contribution is -2.41. The van der Waals surface area contributed by atoms with Gasteiger partial charge in [0.2, 0.25) is 11.5 Å². The number of aromatic nitrogens is 2. The second-order valence-corrected chi connectivity index (χ2v) is 7.98. The molecule has 1 unspecified atom stereocenters. The number of ether oxygens (including phenoxy) is 1. The van der Waals surface area contributed by atoms with Crippen molar-refractivity contribution in [2.45, 2.75) is 12.0 Å². The van der Waals surface area contributed by atoms with Crippen LogP contribution in [0.15, 0.2) is 79.3 Å². The molecule has 2 heterocycles. The van der Waals surface area contributed by atoms with E-state index < -0.39 is 17.5 Å². The summed E-state index contributed by atoms with van der Waals surface area (Å²) in [4.78, 5) is 34.3. The zero-order valence-electron chi connectivity index (χ0n) is 18.1. The van der Waals surface area contributed by atoms with Crippen molar-refractivity contribution in [3.63, 3.8) is 0 Å². The van der Waals surface area contributed by atoms with Crippen LogP contribution in [-0.2, 0) is 19.9 Å². The van der Waals surface area contributed by atoms with Crippen molar-refractivity contribution in [1.29, 1.82) is 0 Å². The van der Waals surface area contributed by atoms with Crippen molar-refractivity contribution in [2.75, 3.05) is 25.0 Å². The molecule has 8 heteroatoms. The van der Waals surface area contributed by atoms with Gasteiger partial charge in [-0.15, -0.1) is 0 Å². The van der Waals surface area contributed by atoms with Gasteiger partial charge in [-0.25, -0.2) is 14.8 Å². The van der Waals surface area contributed by atoms with E-state index in [1.165, 1.54) is 12.5 Å². The number of nitrogens with zero attached hydrogens (tertiary/aromatic N) is 2. The van der Waals surface area contributed by atoms with Crippen molar-refractivity contribution < 1.29 is 19.4 Å². The average Bonchev–Trinajstić information content (AvgIpc) is 3.40. The molecule has 3 N–H and O–H groups in total. The molecule has 170 valence electrons. The van der Waals surface area contributed by atoms with E-state index in [0.29, 0.717) is 23.5 Å². The van der Waals surface area contributed by atoms with Crippen molar-refractivity contribution in [1.82, 2.24) is 15.3 Å². The maximum atomic E-state index is 13.3. The number of benzene rings is 2. The zero-order chi connectivity index (χ0) is 23.1. The van der Waals surface area contributed by atoms with Crippen molar-refractivity contribution in [3.05, 3.63) is 90.4 Å². The molecule has 0 spiro atoms. The normalized spacial score (nSPS) is 16.7. The fraction of sp³-hybridized carbons (Fsp3) is 0.280. The van der Waals surface area contributed by atoms with Gasteiger partial charge in [0.1, 0.15) is 18.8 Å². The van der Waals surface area contributed by atoms with Crippen LogP contribution in [0.5, 0.6) is 0 Å². The number of esters is 1. The first kappa shape index (κ1) is 22.6. The van der Waals surface area contributed by atoms with Crippen LogP contribution in [0.4, 0.5) is 5.82 Å². The van der Waals surface area contributed by atoms with Gasteiger partial charge in [-0.1, -0.05) is 60.7 Å². The topological polar surface area (TPSA) is 113 Å². The largest absolute Gasteiger partial charge is 0.462 e. The van der Waals surface area contributed by atoms with Gasteiger partial charge in [0.25, 0.3) is 0 Å². The van der Waals surface area contributed by atoms with Gasteiger partial charge in [-0.3, -0.25) is 4.79 Å². The summed E-state index contributed by atoms with van der Waals surface area (Å²) in [6.07, 6.45) is 3.66. The predicted octanol–water partition coefficient (Wildman–Crippen LogP) is 2.12. The van der Waals surface area contributed by atoms with E-state index >= 15 is 0 Å². The van der Waals surface area contributed by atoms with Crippen LogP contribution in [0, 0.1) is 11.8 Å². The van der Waals surface area contributed by atoms with E-state index in [2.05, 4.69) is 20.6 Å². The van der Waals surface area contributed by atoms with Crippen molar-refractivity contribution in [3.8, 4) is 0 Å². The van der Waals surface area contributed by atoms with Crippen molar-refractivity contribution >= 4 is 17.7 Å². The Hall–Kier alpha value is -3.62. The van der Waals surface area contributed by atoms with E-state index in [9.17, 15) is 14.7 Å². The number of amides is 1. The average molecular weight is 447 g/mol. The van der Waals surface area contributed by atoms with Crippen LogP contribution in [-0.4, -0.2) is 46.6 Å². The monoisotopic (exact) mass is 446 g/mol. The second kappa shape index (κ2) is 10.3. The third-order valence-corrected chi connectivity index (χ3v) is 5.91. The quantitative estimate of drug-likeness (QED) is 0.454. The molecule has 0 radical (unpaired) electrons. The van der Waals surface area contributed by atoms with E-state index in [1.54, 1.807) is 66.7 Å². The highest BCUT2D eigenvalue weighted by Crippen LogP contribution is 2.32. The van der Waals surface area contributed by atoms with Crippen LogP contribution >= 0.6 is 0 Å². The van der Waals surface area contributed by atoms with Crippen LogP contribution in [0.25, 0.3) is 0 Å². The summed E-state index contributed by atoms with van der Waals surface area (Å²) in [7, 11) is 0. The van der Waals surface area contributed by atoms with Gasteiger partial charge < -0.3 is 20.5 Å².